The van der Waals surface area contributed by atoms with Crippen LogP contribution >= 0.6 is 0 Å². The van der Waals surface area contributed by atoms with Crippen molar-refractivity contribution in [2.75, 3.05) is 13.1 Å². The summed E-state index contributed by atoms with van der Waals surface area (Å²) in [4.78, 5) is 52.0. The summed E-state index contributed by atoms with van der Waals surface area (Å²) in [6.45, 7) is 1.02. The first kappa shape index (κ1) is 17.7. The number of fused-ring (bicyclic) bond motifs is 1. The Morgan fingerprint density at radius 2 is 1.96 bits per heavy atom. The van der Waals surface area contributed by atoms with E-state index in [2.05, 4.69) is 4.98 Å². The second-order valence-corrected chi connectivity index (χ2v) is 6.59. The number of aromatic nitrogens is 2. The highest BCUT2D eigenvalue weighted by atomic mass is 16.6. The summed E-state index contributed by atoms with van der Waals surface area (Å²) in [7, 11) is 0. The smallest absolute Gasteiger partial charge is 0.408 e. The molecule has 2 aromatic heterocycles. The van der Waals surface area contributed by atoms with Crippen LogP contribution in [0, 0.1) is 10.1 Å². The van der Waals surface area contributed by atoms with Gasteiger partial charge in [-0.1, -0.05) is 0 Å². The van der Waals surface area contributed by atoms with Gasteiger partial charge in [0.1, 0.15) is 5.69 Å². The van der Waals surface area contributed by atoms with Gasteiger partial charge < -0.3 is 14.3 Å². The van der Waals surface area contributed by atoms with E-state index < -0.39 is 16.5 Å². The second kappa shape index (κ2) is 6.80. The monoisotopic (exact) mass is 384 g/mol. The summed E-state index contributed by atoms with van der Waals surface area (Å²) in [5, 5.41) is 11.0. The molecule has 10 nitrogen and oxygen atoms in total. The van der Waals surface area contributed by atoms with E-state index in [1.807, 2.05) is 0 Å². The van der Waals surface area contributed by atoms with Crippen molar-refractivity contribution in [1.82, 2.24) is 14.5 Å². The maximum absolute atomic E-state index is 12.6. The quantitative estimate of drug-likeness (QED) is 0.406. The number of rotatable bonds is 5. The van der Waals surface area contributed by atoms with Crippen LogP contribution in [0.1, 0.15) is 33.7 Å². The van der Waals surface area contributed by atoms with Gasteiger partial charge in [0.2, 0.25) is 0 Å². The molecule has 0 radical (unpaired) electrons. The maximum atomic E-state index is 12.6. The Morgan fingerprint density at radius 3 is 2.68 bits per heavy atom. The molecule has 1 aromatic carbocycles. The fourth-order valence-electron chi connectivity index (χ4n) is 3.32. The fraction of sp³-hybridized carbons (Fsp3) is 0.278. The number of hydrogen-bond donors (Lipinski definition) is 1. The Hall–Kier alpha value is -3.69. The number of non-ortho nitro benzene ring substituents is 1. The van der Waals surface area contributed by atoms with Gasteiger partial charge in [-0.25, -0.2) is 4.79 Å². The van der Waals surface area contributed by atoms with Crippen LogP contribution in [-0.2, 0) is 6.54 Å². The minimum Gasteiger partial charge on any atom is -0.408 e. The van der Waals surface area contributed by atoms with Crippen molar-refractivity contribution in [3.8, 4) is 0 Å². The lowest BCUT2D eigenvalue weighted by atomic mass is 10.2. The van der Waals surface area contributed by atoms with Crippen LogP contribution in [0.15, 0.2) is 39.7 Å². The van der Waals surface area contributed by atoms with Crippen LogP contribution in [0.5, 0.6) is 0 Å². The molecular formula is C18H16N4O6. The topological polar surface area (TPSA) is 131 Å². The first-order chi connectivity index (χ1) is 13.4. The van der Waals surface area contributed by atoms with Crippen LogP contribution in [-0.4, -0.2) is 44.2 Å². The van der Waals surface area contributed by atoms with Crippen molar-refractivity contribution >= 4 is 28.5 Å². The molecule has 0 atom stereocenters. The summed E-state index contributed by atoms with van der Waals surface area (Å²) in [6.07, 6.45) is 3.34. The minimum atomic E-state index is -0.784. The lowest BCUT2D eigenvalue weighted by molar-refractivity contribution is -0.384. The maximum Gasteiger partial charge on any atom is 0.420 e. The summed E-state index contributed by atoms with van der Waals surface area (Å²) >= 11 is 0. The van der Waals surface area contributed by atoms with E-state index in [1.165, 1.54) is 30.5 Å². The zero-order valence-corrected chi connectivity index (χ0v) is 14.7. The van der Waals surface area contributed by atoms with Crippen molar-refractivity contribution in [2.45, 2.75) is 19.4 Å². The minimum absolute atomic E-state index is 0.155. The molecule has 144 valence electrons. The molecule has 3 aromatic rings. The third-order valence-electron chi connectivity index (χ3n) is 4.79. The number of nitrogens with zero attached hydrogens (tertiary/aromatic N) is 3. The van der Waals surface area contributed by atoms with Gasteiger partial charge in [0, 0.05) is 37.0 Å². The number of ketones is 1. The van der Waals surface area contributed by atoms with E-state index in [-0.39, 0.29) is 34.8 Å². The van der Waals surface area contributed by atoms with Crippen molar-refractivity contribution in [3.05, 3.63) is 62.4 Å². The third kappa shape index (κ3) is 3.08. The number of carbonyl (C=O) groups excluding carboxylic acids is 2. The average molecular weight is 384 g/mol. The molecule has 1 amide bonds. The Bertz CT molecular complexity index is 1150. The molecule has 1 saturated heterocycles. The molecule has 28 heavy (non-hydrogen) atoms. The van der Waals surface area contributed by atoms with E-state index in [0.717, 1.165) is 17.4 Å². The van der Waals surface area contributed by atoms with Crippen LogP contribution in [0.25, 0.3) is 11.1 Å². The third-order valence-corrected chi connectivity index (χ3v) is 4.79. The fourth-order valence-corrected chi connectivity index (χ4v) is 3.32. The number of oxazole rings is 1. The average Bonchev–Trinajstić information content (AvgIpc) is 3.41. The SMILES string of the molecule is O=C(Cn1c(=O)oc2ccc([N+](=O)[O-])cc21)c1c[nH]c(C(=O)N2CCCC2)c1. The van der Waals surface area contributed by atoms with Crippen LogP contribution in [0.4, 0.5) is 5.69 Å². The van der Waals surface area contributed by atoms with Gasteiger partial charge >= 0.3 is 5.76 Å². The molecule has 1 aliphatic heterocycles. The molecule has 0 unspecified atom stereocenters. The summed E-state index contributed by atoms with van der Waals surface area (Å²) in [5.74, 6) is -1.38. The number of nitrogens with one attached hydrogen (secondary N) is 1. The Labute approximate surface area is 157 Å². The predicted molar refractivity (Wildman–Crippen MR) is 97.4 cm³/mol. The molecular weight excluding hydrogens is 368 g/mol. The van der Waals surface area contributed by atoms with Gasteiger partial charge in [0.25, 0.3) is 11.6 Å². The number of amides is 1. The van der Waals surface area contributed by atoms with Crippen LogP contribution in [0.2, 0.25) is 0 Å². The zero-order valence-electron chi connectivity index (χ0n) is 14.7. The number of benzene rings is 1. The highest BCUT2D eigenvalue weighted by molar-refractivity contribution is 6.00. The van der Waals surface area contributed by atoms with Crippen LogP contribution in [0.3, 0.4) is 0 Å². The number of hydrogen-bond acceptors (Lipinski definition) is 6. The molecule has 1 fully saturated rings. The van der Waals surface area contributed by atoms with E-state index in [9.17, 15) is 24.5 Å². The molecule has 10 heteroatoms. The molecule has 1 N–H and O–H groups in total. The van der Waals surface area contributed by atoms with Gasteiger partial charge in [-0.05, 0) is 25.0 Å². The lowest BCUT2D eigenvalue weighted by Crippen LogP contribution is -2.27. The first-order valence-corrected chi connectivity index (χ1v) is 8.73. The van der Waals surface area contributed by atoms with Crippen molar-refractivity contribution < 1.29 is 18.9 Å². The van der Waals surface area contributed by atoms with E-state index in [0.29, 0.717) is 18.8 Å². The normalized spacial score (nSPS) is 13.9. The van der Waals surface area contributed by atoms with E-state index >= 15 is 0 Å². The molecule has 0 bridgehead atoms. The summed E-state index contributed by atoms with van der Waals surface area (Å²) in [5.41, 5.74) is 0.660. The number of H-pyrrole nitrogens is 1. The number of Topliss-reactive ketones (excluding diaryl/α,β-unsaturated/α-hetero) is 1. The van der Waals surface area contributed by atoms with E-state index in [4.69, 9.17) is 4.42 Å². The Balaban J connectivity index is 1.59. The number of carbonyl (C=O) groups is 2. The Kier molecular flexibility index (Phi) is 4.30. The van der Waals surface area contributed by atoms with E-state index in [1.54, 1.807) is 4.90 Å². The molecule has 0 saturated carbocycles. The van der Waals surface area contributed by atoms with Gasteiger partial charge in [-0.2, -0.15) is 0 Å². The first-order valence-electron chi connectivity index (χ1n) is 8.73. The molecule has 0 aliphatic carbocycles. The molecule has 1 aliphatic rings. The molecule has 4 rings (SSSR count). The van der Waals surface area contributed by atoms with Crippen molar-refractivity contribution in [2.24, 2.45) is 0 Å². The number of aromatic amines is 1. The van der Waals surface area contributed by atoms with Gasteiger partial charge in [-0.15, -0.1) is 0 Å². The Morgan fingerprint density at radius 1 is 1.21 bits per heavy atom. The number of nitro benzene ring substituents is 1. The van der Waals surface area contributed by atoms with Gasteiger partial charge in [-0.3, -0.25) is 24.3 Å². The largest absolute Gasteiger partial charge is 0.420 e. The van der Waals surface area contributed by atoms with Gasteiger partial charge in [0.15, 0.2) is 11.4 Å². The predicted octanol–water partition coefficient (Wildman–Crippen LogP) is 1.95. The standard InChI is InChI=1S/C18H16N4O6/c23-15(11-7-13(19-9-11)17(24)20-5-1-2-6-20)10-21-14-8-12(22(26)27)3-4-16(14)28-18(21)25/h3-4,7-9,19H,1-2,5-6,10H2. The summed E-state index contributed by atoms with van der Waals surface area (Å²) in [6, 6.07) is 5.19. The molecule has 3 heterocycles. The number of likely N-dealkylation sites (tertiary alicyclic amines) is 1. The van der Waals surface area contributed by atoms with Crippen LogP contribution < -0.4 is 5.76 Å². The van der Waals surface area contributed by atoms with Gasteiger partial charge in [0.05, 0.1) is 17.0 Å². The second-order valence-electron chi connectivity index (χ2n) is 6.59. The summed E-state index contributed by atoms with van der Waals surface area (Å²) < 4.78 is 6.09. The lowest BCUT2D eigenvalue weighted by Gasteiger charge is -2.13. The molecule has 0 spiro atoms. The number of nitro groups is 1. The van der Waals surface area contributed by atoms with Crippen molar-refractivity contribution in [3.63, 3.8) is 0 Å². The zero-order chi connectivity index (χ0) is 19.8. The highest BCUT2D eigenvalue weighted by Crippen LogP contribution is 2.21. The highest BCUT2D eigenvalue weighted by Gasteiger charge is 2.23. The van der Waals surface area contributed by atoms with Crippen molar-refractivity contribution in [1.29, 1.82) is 0 Å².